The second kappa shape index (κ2) is 6.16. The maximum absolute atomic E-state index is 12.9. The fourth-order valence-electron chi connectivity index (χ4n) is 2.58. The van der Waals surface area contributed by atoms with Gasteiger partial charge in [-0.1, -0.05) is 0 Å². The van der Waals surface area contributed by atoms with Crippen molar-refractivity contribution in [2.75, 3.05) is 29.1 Å². The van der Waals surface area contributed by atoms with Crippen LogP contribution in [0.5, 0.6) is 5.75 Å². The molecule has 0 fully saturated rings. The van der Waals surface area contributed by atoms with E-state index in [1.165, 1.54) is 24.3 Å². The number of halogens is 1. The highest BCUT2D eigenvalue weighted by atomic mass is 19.1. The fraction of sp³-hybridized carbons (Fsp3) is 0.235. The molecule has 1 unspecified atom stereocenters. The Morgan fingerprint density at radius 2 is 2.04 bits per heavy atom. The van der Waals surface area contributed by atoms with Gasteiger partial charge in [0, 0.05) is 11.4 Å². The third kappa shape index (κ3) is 3.21. The third-order valence-corrected chi connectivity index (χ3v) is 3.84. The lowest BCUT2D eigenvalue weighted by Crippen LogP contribution is -2.46. The highest BCUT2D eigenvalue weighted by Crippen LogP contribution is 2.34. The molecule has 3 rings (SSSR count). The number of hydrogen-bond acceptors (Lipinski definition) is 4. The lowest BCUT2D eigenvalue weighted by atomic mass is 10.1. The Kier molecular flexibility index (Phi) is 4.06. The first-order valence-electron chi connectivity index (χ1n) is 7.40. The number of hydrogen-bond donors (Lipinski definition) is 2. The molecule has 1 aliphatic rings. The van der Waals surface area contributed by atoms with Gasteiger partial charge in [0.25, 0.3) is 0 Å². The molecular weight excluding hydrogens is 297 g/mol. The Morgan fingerprint density at radius 3 is 2.78 bits per heavy atom. The first-order chi connectivity index (χ1) is 11.0. The molecule has 0 aromatic heterocycles. The predicted molar refractivity (Wildman–Crippen MR) is 88.2 cm³/mol. The normalized spacial score (nSPS) is 14.6. The average molecular weight is 315 g/mol. The van der Waals surface area contributed by atoms with E-state index in [0.717, 1.165) is 5.69 Å². The van der Waals surface area contributed by atoms with Crippen molar-refractivity contribution in [1.29, 1.82) is 0 Å². The molecule has 0 radical (unpaired) electrons. The van der Waals surface area contributed by atoms with Gasteiger partial charge in [-0.15, -0.1) is 0 Å². The van der Waals surface area contributed by atoms with Gasteiger partial charge >= 0.3 is 0 Å². The molecule has 0 spiro atoms. The summed E-state index contributed by atoms with van der Waals surface area (Å²) in [6, 6.07) is 10.7. The quantitative estimate of drug-likeness (QED) is 0.855. The molecule has 0 bridgehead atoms. The lowest BCUT2D eigenvalue weighted by Gasteiger charge is -2.35. The highest BCUT2D eigenvalue weighted by molar-refractivity contribution is 5.97. The van der Waals surface area contributed by atoms with E-state index in [1.807, 2.05) is 11.8 Å². The van der Waals surface area contributed by atoms with Gasteiger partial charge in [-0.3, -0.25) is 4.79 Å². The molecule has 2 aromatic rings. The van der Waals surface area contributed by atoms with Gasteiger partial charge in [-0.2, -0.15) is 0 Å². The van der Waals surface area contributed by atoms with E-state index in [2.05, 4.69) is 5.32 Å². The van der Waals surface area contributed by atoms with Crippen LogP contribution in [0.25, 0.3) is 0 Å². The standard InChI is InChI=1S/C17H18FN3O2/c1-11(17(22)20-14-5-2-12(18)3-6-14)21-8-9-23-16-7-4-13(19)10-15(16)21/h2-7,10-11H,8-9,19H2,1H3,(H,20,22). The minimum atomic E-state index is -0.412. The second-order valence-electron chi connectivity index (χ2n) is 5.44. The largest absolute Gasteiger partial charge is 0.490 e. The van der Waals surface area contributed by atoms with E-state index >= 15 is 0 Å². The first kappa shape index (κ1) is 15.1. The monoisotopic (exact) mass is 315 g/mol. The van der Waals surface area contributed by atoms with Gasteiger partial charge in [0.1, 0.15) is 24.2 Å². The van der Waals surface area contributed by atoms with Crippen LogP contribution in [0.3, 0.4) is 0 Å². The molecule has 120 valence electrons. The number of nitrogen functional groups attached to an aromatic ring is 1. The van der Waals surface area contributed by atoms with Crippen LogP contribution < -0.4 is 20.7 Å². The maximum Gasteiger partial charge on any atom is 0.246 e. The van der Waals surface area contributed by atoms with Crippen LogP contribution >= 0.6 is 0 Å². The van der Waals surface area contributed by atoms with E-state index in [9.17, 15) is 9.18 Å². The Bertz CT molecular complexity index is 718. The number of nitrogens with one attached hydrogen (secondary N) is 1. The number of carbonyl (C=O) groups excluding carboxylic acids is 1. The topological polar surface area (TPSA) is 67.6 Å². The van der Waals surface area contributed by atoms with Crippen LogP contribution in [0.2, 0.25) is 0 Å². The number of rotatable bonds is 3. The average Bonchev–Trinajstić information content (AvgIpc) is 2.55. The number of carbonyl (C=O) groups is 1. The summed E-state index contributed by atoms with van der Waals surface area (Å²) in [6.45, 7) is 2.91. The summed E-state index contributed by atoms with van der Waals surface area (Å²) < 4.78 is 18.5. The first-order valence-corrected chi connectivity index (χ1v) is 7.40. The number of nitrogens with zero attached hydrogens (tertiary/aromatic N) is 1. The zero-order chi connectivity index (χ0) is 16.4. The van der Waals surface area contributed by atoms with Crippen LogP contribution in [0.1, 0.15) is 6.92 Å². The number of benzene rings is 2. The predicted octanol–water partition coefficient (Wildman–Crippen LogP) is 2.63. The molecule has 0 saturated heterocycles. The Hall–Kier alpha value is -2.76. The molecule has 5 nitrogen and oxygen atoms in total. The van der Waals surface area contributed by atoms with Crippen molar-refractivity contribution < 1.29 is 13.9 Å². The molecule has 1 atom stereocenters. The van der Waals surface area contributed by atoms with Gasteiger partial charge in [0.15, 0.2) is 0 Å². The number of nitrogens with two attached hydrogens (primary N) is 1. The van der Waals surface area contributed by atoms with Crippen molar-refractivity contribution in [3.8, 4) is 5.75 Å². The summed E-state index contributed by atoms with van der Waals surface area (Å²) in [5, 5.41) is 2.79. The number of amides is 1. The zero-order valence-electron chi connectivity index (χ0n) is 12.8. The smallest absolute Gasteiger partial charge is 0.246 e. The molecule has 2 aromatic carbocycles. The second-order valence-corrected chi connectivity index (χ2v) is 5.44. The number of ether oxygens (including phenoxy) is 1. The van der Waals surface area contributed by atoms with Crippen molar-refractivity contribution >= 4 is 23.0 Å². The molecule has 0 aliphatic carbocycles. The summed E-state index contributed by atoms with van der Waals surface area (Å²) in [7, 11) is 0. The van der Waals surface area contributed by atoms with Gasteiger partial charge in [0.05, 0.1) is 12.2 Å². The Balaban J connectivity index is 1.78. The van der Waals surface area contributed by atoms with E-state index in [4.69, 9.17) is 10.5 Å². The number of anilines is 3. The van der Waals surface area contributed by atoms with Crippen molar-refractivity contribution in [3.63, 3.8) is 0 Å². The molecule has 1 heterocycles. The van der Waals surface area contributed by atoms with E-state index in [0.29, 0.717) is 30.3 Å². The van der Waals surface area contributed by atoms with Gasteiger partial charge < -0.3 is 20.7 Å². The van der Waals surface area contributed by atoms with Crippen molar-refractivity contribution in [1.82, 2.24) is 0 Å². The van der Waals surface area contributed by atoms with Gasteiger partial charge in [0.2, 0.25) is 5.91 Å². The van der Waals surface area contributed by atoms with E-state index in [1.54, 1.807) is 18.2 Å². The van der Waals surface area contributed by atoms with Gasteiger partial charge in [-0.05, 0) is 49.4 Å². The van der Waals surface area contributed by atoms with Crippen LogP contribution in [0.15, 0.2) is 42.5 Å². The number of fused-ring (bicyclic) bond motifs is 1. The van der Waals surface area contributed by atoms with Crippen LogP contribution in [0.4, 0.5) is 21.5 Å². The van der Waals surface area contributed by atoms with Gasteiger partial charge in [-0.25, -0.2) is 4.39 Å². The van der Waals surface area contributed by atoms with Crippen LogP contribution in [0, 0.1) is 5.82 Å². The van der Waals surface area contributed by atoms with Crippen molar-refractivity contribution in [2.24, 2.45) is 0 Å². The summed E-state index contributed by atoms with van der Waals surface area (Å²) in [5.41, 5.74) is 7.82. The highest BCUT2D eigenvalue weighted by Gasteiger charge is 2.27. The van der Waals surface area contributed by atoms with Crippen LogP contribution in [-0.4, -0.2) is 25.1 Å². The van der Waals surface area contributed by atoms with Crippen molar-refractivity contribution in [3.05, 3.63) is 48.3 Å². The molecule has 23 heavy (non-hydrogen) atoms. The molecule has 3 N–H and O–H groups in total. The zero-order valence-corrected chi connectivity index (χ0v) is 12.8. The fourth-order valence-corrected chi connectivity index (χ4v) is 2.58. The minimum absolute atomic E-state index is 0.174. The Morgan fingerprint density at radius 1 is 1.30 bits per heavy atom. The summed E-state index contributed by atoms with van der Waals surface area (Å²) in [5.74, 6) is 0.201. The molecule has 1 aliphatic heterocycles. The Labute approximate surface area is 133 Å². The third-order valence-electron chi connectivity index (χ3n) is 3.84. The summed E-state index contributed by atoms with van der Waals surface area (Å²) in [4.78, 5) is 14.4. The molecule has 1 amide bonds. The summed E-state index contributed by atoms with van der Waals surface area (Å²) >= 11 is 0. The molecule has 6 heteroatoms. The van der Waals surface area contributed by atoms with Crippen molar-refractivity contribution in [2.45, 2.75) is 13.0 Å². The lowest BCUT2D eigenvalue weighted by molar-refractivity contribution is -0.117. The minimum Gasteiger partial charge on any atom is -0.490 e. The van der Waals surface area contributed by atoms with E-state index in [-0.39, 0.29) is 11.7 Å². The SMILES string of the molecule is CC(C(=O)Nc1ccc(F)cc1)N1CCOc2ccc(N)cc21. The summed E-state index contributed by atoms with van der Waals surface area (Å²) in [6.07, 6.45) is 0. The van der Waals surface area contributed by atoms with Crippen LogP contribution in [-0.2, 0) is 4.79 Å². The van der Waals surface area contributed by atoms with E-state index < -0.39 is 6.04 Å². The molecular formula is C17H18FN3O2. The maximum atomic E-state index is 12.9. The molecule has 0 saturated carbocycles.